The minimum Gasteiger partial charge on any atom is -0.387 e. The van der Waals surface area contributed by atoms with Crippen LogP contribution in [-0.4, -0.2) is 54.9 Å². The SMILES string of the molecule is CCN1CCC(N(C)CCCCC(C)(C)C(=N)N)CC1. The molecule has 3 N–H and O–H groups in total. The van der Waals surface area contributed by atoms with E-state index >= 15 is 0 Å². The highest BCUT2D eigenvalue weighted by atomic mass is 15.2. The van der Waals surface area contributed by atoms with Gasteiger partial charge in [0.15, 0.2) is 0 Å². The van der Waals surface area contributed by atoms with Crippen molar-refractivity contribution in [1.29, 1.82) is 5.41 Å². The van der Waals surface area contributed by atoms with E-state index in [-0.39, 0.29) is 5.41 Å². The molecule has 0 aromatic heterocycles. The van der Waals surface area contributed by atoms with Crippen LogP contribution >= 0.6 is 0 Å². The zero-order valence-corrected chi connectivity index (χ0v) is 13.9. The van der Waals surface area contributed by atoms with Gasteiger partial charge in [0.05, 0.1) is 5.84 Å². The summed E-state index contributed by atoms with van der Waals surface area (Å²) < 4.78 is 0. The fourth-order valence-corrected chi connectivity index (χ4v) is 2.92. The summed E-state index contributed by atoms with van der Waals surface area (Å²) in [5.74, 6) is 0.317. The molecule has 4 nitrogen and oxygen atoms in total. The van der Waals surface area contributed by atoms with Crippen LogP contribution in [0.4, 0.5) is 0 Å². The van der Waals surface area contributed by atoms with Crippen molar-refractivity contribution in [2.24, 2.45) is 11.1 Å². The third kappa shape index (κ3) is 5.41. The smallest absolute Gasteiger partial charge is 0.0963 e. The number of unbranched alkanes of at least 4 members (excludes halogenated alkanes) is 1. The second-order valence-electron chi connectivity index (χ2n) is 6.90. The van der Waals surface area contributed by atoms with Crippen LogP contribution < -0.4 is 5.73 Å². The monoisotopic (exact) mass is 282 g/mol. The summed E-state index contributed by atoms with van der Waals surface area (Å²) in [6.45, 7) is 11.3. The van der Waals surface area contributed by atoms with Crippen molar-refractivity contribution in [3.63, 3.8) is 0 Å². The molecule has 0 saturated carbocycles. The highest BCUT2D eigenvalue weighted by molar-refractivity contribution is 5.82. The molecule has 1 aliphatic heterocycles. The maximum Gasteiger partial charge on any atom is 0.0963 e. The molecule has 0 aromatic rings. The number of nitrogens with one attached hydrogen (secondary N) is 1. The molecule has 1 rings (SSSR count). The molecular formula is C16H34N4. The highest BCUT2D eigenvalue weighted by Crippen LogP contribution is 2.23. The van der Waals surface area contributed by atoms with Crippen LogP contribution in [-0.2, 0) is 0 Å². The first kappa shape index (κ1) is 17.4. The summed E-state index contributed by atoms with van der Waals surface area (Å²) in [4.78, 5) is 5.08. The Morgan fingerprint density at radius 2 is 1.90 bits per heavy atom. The van der Waals surface area contributed by atoms with Gasteiger partial charge in [-0.05, 0) is 58.9 Å². The van der Waals surface area contributed by atoms with Crippen molar-refractivity contribution in [3.05, 3.63) is 0 Å². The molecule has 0 radical (unpaired) electrons. The number of hydrogen-bond donors (Lipinski definition) is 2. The number of piperidine rings is 1. The van der Waals surface area contributed by atoms with Gasteiger partial charge in [-0.15, -0.1) is 0 Å². The first-order valence-electron chi connectivity index (χ1n) is 8.14. The molecule has 1 fully saturated rings. The summed E-state index contributed by atoms with van der Waals surface area (Å²) in [6, 6.07) is 0.763. The predicted octanol–water partition coefficient (Wildman–Crippen LogP) is 2.53. The van der Waals surface area contributed by atoms with E-state index in [0.717, 1.165) is 18.9 Å². The number of likely N-dealkylation sites (tertiary alicyclic amines) is 1. The number of nitrogens with two attached hydrogens (primary N) is 1. The van der Waals surface area contributed by atoms with Crippen molar-refractivity contribution in [2.45, 2.75) is 58.9 Å². The normalized spacial score (nSPS) is 18.6. The fraction of sp³-hybridized carbons (Fsp3) is 0.938. The molecule has 0 atom stereocenters. The molecule has 1 saturated heterocycles. The number of amidine groups is 1. The maximum absolute atomic E-state index is 7.58. The van der Waals surface area contributed by atoms with Gasteiger partial charge in [-0.25, -0.2) is 0 Å². The minimum atomic E-state index is -0.134. The Bertz CT molecular complexity index is 293. The largest absolute Gasteiger partial charge is 0.387 e. The van der Waals surface area contributed by atoms with Crippen molar-refractivity contribution < 1.29 is 0 Å². The van der Waals surface area contributed by atoms with Crippen LogP contribution in [0.3, 0.4) is 0 Å². The standard InChI is InChI=1S/C16H34N4/c1-5-20-12-8-14(9-13-20)19(4)11-7-6-10-16(2,3)15(17)18/h14H,5-13H2,1-4H3,(H3,17,18). The number of hydrogen-bond acceptors (Lipinski definition) is 3. The lowest BCUT2D eigenvalue weighted by molar-refractivity contribution is 0.129. The van der Waals surface area contributed by atoms with E-state index in [4.69, 9.17) is 11.1 Å². The Balaban J connectivity index is 2.18. The Morgan fingerprint density at radius 3 is 2.40 bits per heavy atom. The van der Waals surface area contributed by atoms with E-state index in [0.29, 0.717) is 5.84 Å². The third-order valence-corrected chi connectivity index (χ3v) is 4.92. The van der Waals surface area contributed by atoms with E-state index in [1.54, 1.807) is 0 Å². The van der Waals surface area contributed by atoms with Crippen molar-refractivity contribution in [3.8, 4) is 0 Å². The van der Waals surface area contributed by atoms with E-state index < -0.39 is 0 Å². The molecular weight excluding hydrogens is 248 g/mol. The molecule has 0 unspecified atom stereocenters. The Morgan fingerprint density at radius 1 is 1.30 bits per heavy atom. The van der Waals surface area contributed by atoms with E-state index in [2.05, 4.69) is 37.6 Å². The average molecular weight is 282 g/mol. The molecule has 1 heterocycles. The fourth-order valence-electron chi connectivity index (χ4n) is 2.92. The summed E-state index contributed by atoms with van der Waals surface area (Å²) in [7, 11) is 2.27. The van der Waals surface area contributed by atoms with Crippen LogP contribution in [0.2, 0.25) is 0 Å². The van der Waals surface area contributed by atoms with Gasteiger partial charge in [-0.1, -0.05) is 27.2 Å². The Kier molecular flexibility index (Phi) is 6.96. The van der Waals surface area contributed by atoms with Gasteiger partial charge in [-0.2, -0.15) is 0 Å². The van der Waals surface area contributed by atoms with Gasteiger partial charge in [0.1, 0.15) is 0 Å². The second kappa shape index (κ2) is 7.99. The molecule has 0 aromatic carbocycles. The topological polar surface area (TPSA) is 56.4 Å². The average Bonchev–Trinajstić information content (AvgIpc) is 2.43. The van der Waals surface area contributed by atoms with Crippen LogP contribution in [0.15, 0.2) is 0 Å². The molecule has 0 amide bonds. The molecule has 1 aliphatic rings. The molecule has 0 spiro atoms. The van der Waals surface area contributed by atoms with Crippen LogP contribution in [0.1, 0.15) is 52.9 Å². The van der Waals surface area contributed by atoms with E-state index in [9.17, 15) is 0 Å². The Labute approximate surface area is 125 Å². The van der Waals surface area contributed by atoms with Gasteiger partial charge >= 0.3 is 0 Å². The van der Waals surface area contributed by atoms with Crippen molar-refractivity contribution in [2.75, 3.05) is 33.2 Å². The first-order valence-corrected chi connectivity index (χ1v) is 8.14. The summed E-state index contributed by atoms with van der Waals surface area (Å²) in [5, 5.41) is 7.58. The van der Waals surface area contributed by atoms with Gasteiger partial charge < -0.3 is 15.5 Å². The maximum atomic E-state index is 7.58. The van der Waals surface area contributed by atoms with Gasteiger partial charge in [0, 0.05) is 11.5 Å². The second-order valence-corrected chi connectivity index (χ2v) is 6.90. The van der Waals surface area contributed by atoms with Crippen LogP contribution in [0.25, 0.3) is 0 Å². The number of nitrogens with zero attached hydrogens (tertiary/aromatic N) is 2. The molecule has 4 heteroatoms. The van der Waals surface area contributed by atoms with Crippen molar-refractivity contribution in [1.82, 2.24) is 9.80 Å². The van der Waals surface area contributed by atoms with Gasteiger partial charge in [-0.3, -0.25) is 5.41 Å². The lowest BCUT2D eigenvalue weighted by Gasteiger charge is -2.36. The van der Waals surface area contributed by atoms with Gasteiger partial charge in [0.2, 0.25) is 0 Å². The third-order valence-electron chi connectivity index (χ3n) is 4.92. The lowest BCUT2D eigenvalue weighted by Crippen LogP contribution is -2.43. The van der Waals surface area contributed by atoms with Crippen LogP contribution in [0, 0.1) is 10.8 Å². The lowest BCUT2D eigenvalue weighted by atomic mass is 9.86. The molecule has 20 heavy (non-hydrogen) atoms. The summed E-state index contributed by atoms with van der Waals surface area (Å²) in [5.41, 5.74) is 5.49. The molecule has 0 aliphatic carbocycles. The van der Waals surface area contributed by atoms with Crippen molar-refractivity contribution >= 4 is 5.84 Å². The quantitative estimate of drug-likeness (QED) is 0.409. The zero-order chi connectivity index (χ0) is 15.2. The molecule has 118 valence electrons. The first-order chi connectivity index (χ1) is 9.36. The Hall–Kier alpha value is -0.610. The minimum absolute atomic E-state index is 0.134. The zero-order valence-electron chi connectivity index (χ0n) is 13.9. The van der Waals surface area contributed by atoms with Gasteiger partial charge in [0.25, 0.3) is 0 Å². The highest BCUT2D eigenvalue weighted by Gasteiger charge is 2.23. The summed E-state index contributed by atoms with van der Waals surface area (Å²) >= 11 is 0. The number of rotatable bonds is 8. The van der Waals surface area contributed by atoms with E-state index in [1.807, 2.05) is 0 Å². The predicted molar refractivity (Wildman–Crippen MR) is 87.3 cm³/mol. The molecule has 0 bridgehead atoms. The van der Waals surface area contributed by atoms with E-state index in [1.165, 1.54) is 45.4 Å². The summed E-state index contributed by atoms with van der Waals surface area (Å²) in [6.07, 6.45) is 6.00. The van der Waals surface area contributed by atoms with Crippen LogP contribution in [0.5, 0.6) is 0 Å².